The molecule has 5 saturated carbocycles. The van der Waals surface area contributed by atoms with Crippen molar-refractivity contribution in [2.75, 3.05) is 0 Å². The number of allylic oxidation sites excluding steroid dienone is 1. The van der Waals surface area contributed by atoms with Crippen LogP contribution in [0.3, 0.4) is 0 Å². The molecule has 250 valence electrons. The standard InChI is InChI=1S/C38H60Cl2O4/c1-10-37(39,30(41)42)22-36-19-14-24(23(3)4)29(36)25-12-13-28-33(7)17-15-27(38(40,11-2)31(43)44)32(5,6)26(33)16-18-35(28,9)34(25,8)20-21-36/h24-29H,3,10-22H2,1-2,4-9H3,(H,41,42)(H,43,44)/t24-,25+,26-,27?,28+,29+,33-,34+,35+,36+,37?,38?/m0/s1. The van der Waals surface area contributed by atoms with Crippen LogP contribution in [0.1, 0.15) is 139 Å². The van der Waals surface area contributed by atoms with Crippen molar-refractivity contribution in [2.45, 2.75) is 149 Å². The maximum atomic E-state index is 12.5. The van der Waals surface area contributed by atoms with Gasteiger partial charge in [-0.3, -0.25) is 9.59 Å². The van der Waals surface area contributed by atoms with Crippen LogP contribution in [0.2, 0.25) is 0 Å². The molecule has 0 aromatic heterocycles. The lowest BCUT2D eigenvalue weighted by Crippen LogP contribution is -2.67. The molecule has 0 aliphatic heterocycles. The van der Waals surface area contributed by atoms with Crippen LogP contribution in [0.25, 0.3) is 0 Å². The van der Waals surface area contributed by atoms with Crippen molar-refractivity contribution in [1.82, 2.24) is 0 Å². The van der Waals surface area contributed by atoms with Gasteiger partial charge in [-0.1, -0.05) is 60.6 Å². The molecule has 5 rings (SSSR count). The molecule has 0 bridgehead atoms. The number of carboxylic acids is 2. The van der Waals surface area contributed by atoms with Crippen molar-refractivity contribution in [2.24, 2.45) is 62.6 Å². The first-order valence-electron chi connectivity index (χ1n) is 17.7. The minimum atomic E-state index is -1.21. The first-order valence-corrected chi connectivity index (χ1v) is 18.5. The molecule has 6 heteroatoms. The third-order valence-corrected chi connectivity index (χ3v) is 17.5. The summed E-state index contributed by atoms with van der Waals surface area (Å²) in [5, 5.41) is 20.5. The fourth-order valence-electron chi connectivity index (χ4n) is 13.9. The Morgan fingerprint density at radius 3 is 2.00 bits per heavy atom. The third-order valence-electron chi connectivity index (χ3n) is 16.3. The maximum Gasteiger partial charge on any atom is 0.325 e. The smallest absolute Gasteiger partial charge is 0.325 e. The number of carbonyl (C=O) groups is 2. The highest BCUT2D eigenvalue weighted by Crippen LogP contribution is 2.79. The largest absolute Gasteiger partial charge is 0.480 e. The summed E-state index contributed by atoms with van der Waals surface area (Å²) in [5.74, 6) is 0.607. The van der Waals surface area contributed by atoms with Crippen LogP contribution < -0.4 is 0 Å². The lowest BCUT2D eigenvalue weighted by atomic mass is 9.31. The third kappa shape index (κ3) is 4.47. The van der Waals surface area contributed by atoms with E-state index in [4.69, 9.17) is 23.2 Å². The average Bonchev–Trinajstić information content (AvgIpc) is 3.32. The quantitative estimate of drug-likeness (QED) is 0.202. The number of rotatable bonds is 8. The van der Waals surface area contributed by atoms with Gasteiger partial charge in [-0.25, -0.2) is 0 Å². The molecule has 0 aromatic rings. The van der Waals surface area contributed by atoms with Gasteiger partial charge in [0.2, 0.25) is 0 Å². The second kappa shape index (κ2) is 10.9. The number of hydrogen-bond acceptors (Lipinski definition) is 2. The first kappa shape index (κ1) is 34.6. The Bertz CT molecular complexity index is 1200. The highest BCUT2D eigenvalue weighted by Gasteiger charge is 2.72. The molecule has 3 unspecified atom stereocenters. The molecule has 4 nitrogen and oxygen atoms in total. The van der Waals surface area contributed by atoms with Gasteiger partial charge in [0.1, 0.15) is 9.75 Å². The zero-order valence-corrected chi connectivity index (χ0v) is 30.3. The van der Waals surface area contributed by atoms with Crippen molar-refractivity contribution in [1.29, 1.82) is 0 Å². The van der Waals surface area contributed by atoms with Crippen molar-refractivity contribution < 1.29 is 19.8 Å². The molecular formula is C38H60Cl2O4. The normalized spacial score (nSPS) is 47.1. The van der Waals surface area contributed by atoms with Gasteiger partial charge in [0, 0.05) is 0 Å². The maximum absolute atomic E-state index is 12.5. The fraction of sp³-hybridized carbons (Fsp3) is 0.895. The number of halogens is 2. The summed E-state index contributed by atoms with van der Waals surface area (Å²) in [5.41, 5.74) is 1.51. The molecule has 0 aromatic carbocycles. The summed E-state index contributed by atoms with van der Waals surface area (Å²) < 4.78 is 0. The molecule has 0 heterocycles. The van der Waals surface area contributed by atoms with Gasteiger partial charge in [-0.15, -0.1) is 23.2 Å². The number of aliphatic carboxylic acids is 2. The van der Waals surface area contributed by atoms with Crippen LogP contribution in [0.15, 0.2) is 12.2 Å². The summed E-state index contributed by atoms with van der Waals surface area (Å²) >= 11 is 14.0. The van der Waals surface area contributed by atoms with Crippen LogP contribution in [0.5, 0.6) is 0 Å². The Kier molecular flexibility index (Phi) is 8.57. The van der Waals surface area contributed by atoms with Crippen molar-refractivity contribution in [3.8, 4) is 0 Å². The molecule has 5 aliphatic rings. The summed E-state index contributed by atoms with van der Waals surface area (Å²) in [7, 11) is 0. The Morgan fingerprint density at radius 1 is 0.795 bits per heavy atom. The number of hydrogen-bond donors (Lipinski definition) is 2. The van der Waals surface area contributed by atoms with Gasteiger partial charge in [0.15, 0.2) is 0 Å². The molecule has 5 fully saturated rings. The van der Waals surface area contributed by atoms with Crippen LogP contribution in [-0.2, 0) is 9.59 Å². The minimum Gasteiger partial charge on any atom is -0.480 e. The Labute approximate surface area is 277 Å². The second-order valence-electron chi connectivity index (χ2n) is 17.8. The summed E-state index contributed by atoms with van der Waals surface area (Å²) in [4.78, 5) is 22.6. The predicted octanol–water partition coefficient (Wildman–Crippen LogP) is 10.6. The Balaban J connectivity index is 1.52. The number of carboxylic acid groups (broad SMARTS) is 2. The zero-order valence-electron chi connectivity index (χ0n) is 28.8. The van der Waals surface area contributed by atoms with Crippen LogP contribution in [0.4, 0.5) is 0 Å². The van der Waals surface area contributed by atoms with Crippen molar-refractivity contribution >= 4 is 35.1 Å². The zero-order chi connectivity index (χ0) is 32.9. The van der Waals surface area contributed by atoms with E-state index in [0.29, 0.717) is 48.9 Å². The Morgan fingerprint density at radius 2 is 1.45 bits per heavy atom. The summed E-state index contributed by atoms with van der Waals surface area (Å²) in [6, 6.07) is 0. The van der Waals surface area contributed by atoms with Gasteiger partial charge < -0.3 is 10.2 Å². The number of fused-ring (bicyclic) bond motifs is 7. The minimum absolute atomic E-state index is 0.0467. The van der Waals surface area contributed by atoms with E-state index in [0.717, 1.165) is 51.4 Å². The molecule has 5 aliphatic carbocycles. The van der Waals surface area contributed by atoms with Gasteiger partial charge in [0.05, 0.1) is 0 Å². The number of alkyl halides is 2. The van der Waals surface area contributed by atoms with Crippen LogP contribution >= 0.6 is 23.2 Å². The predicted molar refractivity (Wildman–Crippen MR) is 180 cm³/mol. The topological polar surface area (TPSA) is 74.6 Å². The molecule has 0 spiro atoms. The molecule has 12 atom stereocenters. The van der Waals surface area contributed by atoms with Crippen molar-refractivity contribution in [3.05, 3.63) is 12.2 Å². The lowest BCUT2D eigenvalue weighted by Gasteiger charge is -2.73. The van der Waals surface area contributed by atoms with Gasteiger partial charge in [-0.05, 0) is 153 Å². The lowest BCUT2D eigenvalue weighted by molar-refractivity contribution is -0.245. The van der Waals surface area contributed by atoms with E-state index in [1.165, 1.54) is 18.4 Å². The van der Waals surface area contributed by atoms with E-state index >= 15 is 0 Å². The molecule has 44 heavy (non-hydrogen) atoms. The van der Waals surface area contributed by atoms with E-state index in [9.17, 15) is 19.8 Å². The van der Waals surface area contributed by atoms with Gasteiger partial charge >= 0.3 is 11.9 Å². The van der Waals surface area contributed by atoms with Gasteiger partial charge in [-0.2, -0.15) is 0 Å². The van der Waals surface area contributed by atoms with E-state index in [-0.39, 0.29) is 33.0 Å². The SMILES string of the molecule is C=C(C)[C@@H]1CC[C@]2(CC(Cl)(CC)C(=O)O)CC[C@]3(C)[C@H](CC[C@@H]4[C@@]5(C)CCC(C(Cl)(CC)C(=O)O)C(C)(C)[C@@H]5CC[C@]43C)[C@@H]12. The molecule has 0 saturated heterocycles. The van der Waals surface area contributed by atoms with Gasteiger partial charge in [0.25, 0.3) is 0 Å². The molecule has 2 N–H and O–H groups in total. The van der Waals surface area contributed by atoms with E-state index in [1.807, 2.05) is 13.8 Å². The Hall–Kier alpha value is -0.740. The highest BCUT2D eigenvalue weighted by molar-refractivity contribution is 6.34. The van der Waals surface area contributed by atoms with E-state index in [2.05, 4.69) is 48.1 Å². The summed E-state index contributed by atoms with van der Waals surface area (Å²) in [6.07, 6.45) is 12.3. The van der Waals surface area contributed by atoms with Crippen LogP contribution in [-0.4, -0.2) is 31.9 Å². The fourth-order valence-corrected chi connectivity index (χ4v) is 14.5. The summed E-state index contributed by atoms with van der Waals surface area (Å²) in [6.45, 7) is 23.0. The average molecular weight is 652 g/mol. The molecule has 0 amide bonds. The monoisotopic (exact) mass is 650 g/mol. The highest BCUT2D eigenvalue weighted by atomic mass is 35.5. The van der Waals surface area contributed by atoms with Crippen LogP contribution in [0, 0.1) is 62.6 Å². The second-order valence-corrected chi connectivity index (χ2v) is 19.2. The van der Waals surface area contributed by atoms with E-state index in [1.54, 1.807) is 0 Å². The molecule has 0 radical (unpaired) electrons. The van der Waals surface area contributed by atoms with Crippen molar-refractivity contribution in [3.63, 3.8) is 0 Å². The van der Waals surface area contributed by atoms with E-state index < -0.39 is 21.7 Å². The first-order chi connectivity index (χ1) is 20.2. The molecular weight excluding hydrogens is 591 g/mol.